The van der Waals surface area contributed by atoms with Crippen LogP contribution in [-0.2, 0) is 0 Å². The van der Waals surface area contributed by atoms with E-state index in [1.165, 1.54) is 6.42 Å². The van der Waals surface area contributed by atoms with Crippen LogP contribution in [0.15, 0.2) is 12.1 Å². The van der Waals surface area contributed by atoms with E-state index in [9.17, 15) is 0 Å². The van der Waals surface area contributed by atoms with Crippen molar-refractivity contribution in [3.8, 4) is 0 Å². The quantitative estimate of drug-likeness (QED) is 0.862. The van der Waals surface area contributed by atoms with Gasteiger partial charge in [0.2, 0.25) is 0 Å². The van der Waals surface area contributed by atoms with Gasteiger partial charge in [-0.15, -0.1) is 0 Å². The Morgan fingerprint density at radius 2 is 2.00 bits per heavy atom. The zero-order valence-electron chi connectivity index (χ0n) is 10.8. The van der Waals surface area contributed by atoms with Crippen molar-refractivity contribution in [1.82, 2.24) is 15.0 Å². The second-order valence-electron chi connectivity index (χ2n) is 5.80. The maximum absolute atomic E-state index is 4.62. The molecule has 0 spiro atoms. The Kier molecular flexibility index (Phi) is 2.00. The van der Waals surface area contributed by atoms with E-state index in [1.807, 2.05) is 25.1 Å². The first-order valence-corrected chi connectivity index (χ1v) is 6.01. The first kappa shape index (κ1) is 10.6. The van der Waals surface area contributed by atoms with Gasteiger partial charge < -0.3 is 9.88 Å². The molecule has 4 nitrogen and oxygen atoms in total. The molecular formula is C13H18N4. The van der Waals surface area contributed by atoms with Crippen LogP contribution in [0.2, 0.25) is 0 Å². The van der Waals surface area contributed by atoms with Gasteiger partial charge in [-0.2, -0.15) is 0 Å². The van der Waals surface area contributed by atoms with Gasteiger partial charge in [0.1, 0.15) is 11.6 Å². The van der Waals surface area contributed by atoms with E-state index in [0.29, 0.717) is 11.3 Å². The number of hydrogen-bond acceptors (Lipinski definition) is 3. The van der Waals surface area contributed by atoms with Crippen molar-refractivity contribution >= 4 is 17.0 Å². The molecule has 0 aromatic carbocycles. The first-order chi connectivity index (χ1) is 7.97. The van der Waals surface area contributed by atoms with Crippen molar-refractivity contribution in [3.05, 3.63) is 18.0 Å². The van der Waals surface area contributed by atoms with Gasteiger partial charge in [0.05, 0.1) is 5.52 Å². The monoisotopic (exact) mass is 230 g/mol. The van der Waals surface area contributed by atoms with Gasteiger partial charge in [0.15, 0.2) is 5.65 Å². The topological polar surface area (TPSA) is 44.8 Å². The summed E-state index contributed by atoms with van der Waals surface area (Å²) in [5, 5.41) is 0. The van der Waals surface area contributed by atoms with E-state index in [-0.39, 0.29) is 0 Å². The molecule has 0 radical (unpaired) electrons. The summed E-state index contributed by atoms with van der Waals surface area (Å²) < 4.78 is 0. The molecule has 1 aliphatic rings. The van der Waals surface area contributed by atoms with Gasteiger partial charge in [0.25, 0.3) is 0 Å². The maximum Gasteiger partial charge on any atom is 0.179 e. The Bertz CT molecular complexity index is 568. The number of H-pyrrole nitrogens is 1. The summed E-state index contributed by atoms with van der Waals surface area (Å²) >= 11 is 0. The summed E-state index contributed by atoms with van der Waals surface area (Å²) in [7, 11) is 3.98. The van der Waals surface area contributed by atoms with Crippen molar-refractivity contribution in [3.63, 3.8) is 0 Å². The Balaban J connectivity index is 2.02. The predicted octanol–water partition coefficient (Wildman–Crippen LogP) is 2.54. The predicted molar refractivity (Wildman–Crippen MR) is 69.4 cm³/mol. The van der Waals surface area contributed by atoms with Crippen LogP contribution in [-0.4, -0.2) is 29.0 Å². The number of pyridine rings is 1. The maximum atomic E-state index is 4.62. The summed E-state index contributed by atoms with van der Waals surface area (Å²) in [5.74, 6) is 2.61. The Morgan fingerprint density at radius 1 is 1.29 bits per heavy atom. The van der Waals surface area contributed by atoms with Crippen LogP contribution in [0, 0.1) is 5.41 Å². The van der Waals surface area contributed by atoms with Crippen molar-refractivity contribution in [1.29, 1.82) is 0 Å². The van der Waals surface area contributed by atoms with Crippen molar-refractivity contribution in [2.24, 2.45) is 5.41 Å². The molecular weight excluding hydrogens is 212 g/mol. The number of fused-ring (bicyclic) bond motifs is 1. The lowest BCUT2D eigenvalue weighted by Crippen LogP contribution is -2.10. The fraction of sp³-hybridized carbons (Fsp3) is 0.538. The average Bonchev–Trinajstić information content (AvgIpc) is 2.74. The zero-order valence-corrected chi connectivity index (χ0v) is 10.8. The Morgan fingerprint density at radius 3 is 2.59 bits per heavy atom. The third-order valence-electron chi connectivity index (χ3n) is 3.65. The lowest BCUT2D eigenvalue weighted by molar-refractivity contribution is 0.611. The van der Waals surface area contributed by atoms with Crippen LogP contribution in [0.25, 0.3) is 11.2 Å². The van der Waals surface area contributed by atoms with Crippen molar-refractivity contribution in [2.75, 3.05) is 19.0 Å². The minimum Gasteiger partial charge on any atom is -0.363 e. The highest BCUT2D eigenvalue weighted by atomic mass is 15.2. The third kappa shape index (κ3) is 1.68. The van der Waals surface area contributed by atoms with E-state index in [0.717, 1.165) is 22.8 Å². The second-order valence-corrected chi connectivity index (χ2v) is 5.80. The molecule has 3 rings (SSSR count). The van der Waals surface area contributed by atoms with Crippen LogP contribution in [0.5, 0.6) is 0 Å². The number of rotatable bonds is 2. The SMILES string of the molecule is CN(C)c1ccc2[nH]c(C3CC3(C)C)nc2n1. The standard InChI is InChI=1S/C13H18N4/c1-13(2)7-8(13)11-14-9-5-6-10(17(3)4)15-12(9)16-11/h5-6,8H,7H2,1-4H3,(H,14,15,16). The molecule has 0 aliphatic heterocycles. The first-order valence-electron chi connectivity index (χ1n) is 6.01. The molecule has 1 saturated carbocycles. The number of aromatic nitrogens is 3. The van der Waals surface area contributed by atoms with Crippen LogP contribution >= 0.6 is 0 Å². The van der Waals surface area contributed by atoms with E-state index < -0.39 is 0 Å². The van der Waals surface area contributed by atoms with E-state index in [1.54, 1.807) is 0 Å². The molecule has 1 unspecified atom stereocenters. The molecule has 1 atom stereocenters. The van der Waals surface area contributed by atoms with Gasteiger partial charge >= 0.3 is 0 Å². The number of hydrogen-bond donors (Lipinski definition) is 1. The molecule has 1 N–H and O–H groups in total. The van der Waals surface area contributed by atoms with Crippen LogP contribution in [0.4, 0.5) is 5.82 Å². The van der Waals surface area contributed by atoms with Crippen LogP contribution in [0.1, 0.15) is 32.0 Å². The number of imidazole rings is 1. The number of aromatic amines is 1. The van der Waals surface area contributed by atoms with Crippen molar-refractivity contribution < 1.29 is 0 Å². The summed E-state index contributed by atoms with van der Waals surface area (Å²) in [6.45, 7) is 4.56. The molecule has 0 bridgehead atoms. The molecule has 2 aromatic rings. The molecule has 0 amide bonds. The van der Waals surface area contributed by atoms with Gasteiger partial charge in [-0.05, 0) is 24.0 Å². The van der Waals surface area contributed by atoms with Gasteiger partial charge in [-0.25, -0.2) is 9.97 Å². The molecule has 0 saturated heterocycles. The van der Waals surface area contributed by atoms with E-state index >= 15 is 0 Å². The molecule has 4 heteroatoms. The Labute approximate surface area is 101 Å². The second kappa shape index (κ2) is 3.22. The van der Waals surface area contributed by atoms with Crippen molar-refractivity contribution in [2.45, 2.75) is 26.2 Å². The summed E-state index contributed by atoms with van der Waals surface area (Å²) in [6, 6.07) is 4.08. The number of nitrogens with zero attached hydrogens (tertiary/aromatic N) is 3. The highest BCUT2D eigenvalue weighted by Gasteiger charge is 2.48. The normalized spacial score (nSPS) is 21.8. The largest absolute Gasteiger partial charge is 0.363 e. The zero-order chi connectivity index (χ0) is 12.2. The van der Waals surface area contributed by atoms with Crippen LogP contribution < -0.4 is 4.90 Å². The van der Waals surface area contributed by atoms with Gasteiger partial charge in [-0.3, -0.25) is 0 Å². The minimum absolute atomic E-state index is 0.401. The lowest BCUT2D eigenvalue weighted by Gasteiger charge is -2.09. The molecule has 1 fully saturated rings. The van der Waals surface area contributed by atoms with E-state index in [2.05, 4.69) is 34.9 Å². The molecule has 2 aromatic heterocycles. The van der Waals surface area contributed by atoms with E-state index in [4.69, 9.17) is 0 Å². The highest BCUT2D eigenvalue weighted by molar-refractivity contribution is 5.73. The third-order valence-corrected chi connectivity index (χ3v) is 3.65. The minimum atomic E-state index is 0.401. The smallest absolute Gasteiger partial charge is 0.179 e. The van der Waals surface area contributed by atoms with Gasteiger partial charge in [0, 0.05) is 20.0 Å². The highest BCUT2D eigenvalue weighted by Crippen LogP contribution is 2.57. The average molecular weight is 230 g/mol. The van der Waals surface area contributed by atoms with Gasteiger partial charge in [-0.1, -0.05) is 13.8 Å². The molecule has 17 heavy (non-hydrogen) atoms. The number of nitrogens with one attached hydrogen (secondary N) is 1. The fourth-order valence-corrected chi connectivity index (χ4v) is 2.25. The molecule has 90 valence electrons. The Hall–Kier alpha value is -1.58. The molecule has 1 aliphatic carbocycles. The summed E-state index contributed by atoms with van der Waals surface area (Å²) in [4.78, 5) is 14.5. The van der Waals surface area contributed by atoms with Crippen LogP contribution in [0.3, 0.4) is 0 Å². The summed E-state index contributed by atoms with van der Waals surface area (Å²) in [5.41, 5.74) is 2.26. The molecule has 2 heterocycles. The lowest BCUT2D eigenvalue weighted by atomic mass is 10.1. The number of anilines is 1. The summed E-state index contributed by atoms with van der Waals surface area (Å²) in [6.07, 6.45) is 1.22. The fourth-order valence-electron chi connectivity index (χ4n) is 2.25.